The quantitative estimate of drug-likeness (QED) is 0.800. The topological polar surface area (TPSA) is 71.0 Å². The molecule has 1 aromatic carbocycles. The van der Waals surface area contributed by atoms with Crippen LogP contribution in [0.2, 0.25) is 0 Å². The van der Waals surface area contributed by atoms with Gasteiger partial charge in [0.1, 0.15) is 11.9 Å². The third-order valence-corrected chi connectivity index (χ3v) is 3.69. The predicted octanol–water partition coefficient (Wildman–Crippen LogP) is 2.58. The molecule has 3 aromatic rings. The van der Waals surface area contributed by atoms with Crippen molar-refractivity contribution in [2.75, 3.05) is 19.4 Å². The van der Waals surface area contributed by atoms with Gasteiger partial charge >= 0.3 is 0 Å². The summed E-state index contributed by atoms with van der Waals surface area (Å²) in [5.41, 5.74) is 1.65. The van der Waals surface area contributed by atoms with Crippen LogP contribution in [0.3, 0.4) is 0 Å². The van der Waals surface area contributed by atoms with Crippen molar-refractivity contribution in [3.63, 3.8) is 0 Å². The number of fused-ring (bicyclic) bond motifs is 1. The summed E-state index contributed by atoms with van der Waals surface area (Å²) in [5, 5.41) is 4.09. The highest BCUT2D eigenvalue weighted by Crippen LogP contribution is 2.25. The van der Waals surface area contributed by atoms with Crippen molar-refractivity contribution in [1.82, 2.24) is 19.9 Å². The molecule has 0 bridgehead atoms. The number of hydrogen-bond donors (Lipinski definition) is 1. The number of carbonyl (C=O) groups excluding carboxylic acids is 1. The van der Waals surface area contributed by atoms with E-state index >= 15 is 0 Å². The first-order valence-corrected chi connectivity index (χ1v) is 7.71. The number of amides is 1. The predicted molar refractivity (Wildman–Crippen MR) is 94.5 cm³/mol. The Bertz CT molecular complexity index is 864. The van der Waals surface area contributed by atoms with Gasteiger partial charge in [-0.15, -0.1) is 0 Å². The number of anilines is 1. The average molecular weight is 321 g/mol. The fraction of sp³-hybridized carbons (Fsp3) is 0.222. The highest BCUT2D eigenvalue weighted by Gasteiger charge is 2.17. The summed E-state index contributed by atoms with van der Waals surface area (Å²) in [4.78, 5) is 27.1. The highest BCUT2D eigenvalue weighted by molar-refractivity contribution is 5.93. The Labute approximate surface area is 140 Å². The number of likely N-dealkylation sites (N-methyl/N-ethyl adjacent to an activating group) is 1. The van der Waals surface area contributed by atoms with Crippen LogP contribution < -0.4 is 5.32 Å². The van der Waals surface area contributed by atoms with Gasteiger partial charge in [-0.1, -0.05) is 12.1 Å². The Kier molecular flexibility index (Phi) is 4.37. The molecule has 6 nitrogen and oxygen atoms in total. The normalized spacial score (nSPS) is 12.0. The van der Waals surface area contributed by atoms with Gasteiger partial charge in [0.05, 0.1) is 5.52 Å². The van der Waals surface area contributed by atoms with Crippen molar-refractivity contribution < 1.29 is 4.79 Å². The maximum absolute atomic E-state index is 12.1. The molecule has 0 radical (unpaired) electrons. The van der Waals surface area contributed by atoms with Crippen LogP contribution in [0.15, 0.2) is 48.8 Å². The minimum Gasteiger partial charge on any atom is -0.358 e. The van der Waals surface area contributed by atoms with Gasteiger partial charge in [0.2, 0.25) is 5.91 Å². The molecule has 0 saturated heterocycles. The number of aromatic nitrogens is 3. The number of carbonyl (C=O) groups is 1. The van der Waals surface area contributed by atoms with Crippen LogP contribution in [0.1, 0.15) is 6.92 Å². The van der Waals surface area contributed by atoms with E-state index in [1.54, 1.807) is 31.4 Å². The Morgan fingerprint density at radius 1 is 1.12 bits per heavy atom. The summed E-state index contributed by atoms with van der Waals surface area (Å²) in [7, 11) is 3.47. The van der Waals surface area contributed by atoms with Crippen molar-refractivity contribution >= 4 is 22.6 Å². The summed E-state index contributed by atoms with van der Waals surface area (Å²) in [6.07, 6.45) is 3.43. The second-order valence-electron chi connectivity index (χ2n) is 5.75. The van der Waals surface area contributed by atoms with Crippen LogP contribution in [0.25, 0.3) is 22.3 Å². The zero-order chi connectivity index (χ0) is 17.1. The van der Waals surface area contributed by atoms with Gasteiger partial charge in [0.25, 0.3) is 0 Å². The van der Waals surface area contributed by atoms with E-state index in [0.717, 1.165) is 16.5 Å². The summed E-state index contributed by atoms with van der Waals surface area (Å²) in [5.74, 6) is 1.21. The molecule has 3 rings (SSSR count). The molecule has 0 fully saturated rings. The van der Waals surface area contributed by atoms with Gasteiger partial charge in [-0.05, 0) is 31.2 Å². The molecular weight excluding hydrogens is 302 g/mol. The minimum atomic E-state index is -0.389. The largest absolute Gasteiger partial charge is 0.358 e. The molecule has 0 spiro atoms. The zero-order valence-corrected chi connectivity index (χ0v) is 13.9. The maximum atomic E-state index is 12.1. The van der Waals surface area contributed by atoms with E-state index in [-0.39, 0.29) is 11.9 Å². The smallest absolute Gasteiger partial charge is 0.244 e. The number of rotatable bonds is 4. The molecular formula is C18H19N5O. The fourth-order valence-corrected chi connectivity index (χ4v) is 2.46. The van der Waals surface area contributed by atoms with Crippen molar-refractivity contribution in [3.05, 3.63) is 48.8 Å². The molecule has 1 amide bonds. The number of pyridine rings is 1. The molecule has 2 aromatic heterocycles. The van der Waals surface area contributed by atoms with E-state index in [4.69, 9.17) is 0 Å². The fourth-order valence-electron chi connectivity index (χ4n) is 2.46. The number of benzene rings is 1. The van der Waals surface area contributed by atoms with Crippen LogP contribution in [0.5, 0.6) is 0 Å². The molecule has 6 heteroatoms. The van der Waals surface area contributed by atoms with Gasteiger partial charge in [0.15, 0.2) is 5.82 Å². The molecule has 0 aliphatic rings. The molecule has 0 aliphatic heterocycles. The maximum Gasteiger partial charge on any atom is 0.244 e. The van der Waals surface area contributed by atoms with Crippen LogP contribution in [-0.4, -0.2) is 45.9 Å². The summed E-state index contributed by atoms with van der Waals surface area (Å²) < 4.78 is 0. The molecule has 0 saturated carbocycles. The first-order valence-electron chi connectivity index (χ1n) is 7.71. The second kappa shape index (κ2) is 6.62. The first-order chi connectivity index (χ1) is 11.6. The Hall–Kier alpha value is -3.02. The lowest BCUT2D eigenvalue weighted by Crippen LogP contribution is -2.36. The van der Waals surface area contributed by atoms with Gasteiger partial charge < -0.3 is 10.2 Å². The number of nitrogens with zero attached hydrogens (tertiary/aromatic N) is 4. The van der Waals surface area contributed by atoms with Crippen LogP contribution in [-0.2, 0) is 4.79 Å². The van der Waals surface area contributed by atoms with E-state index in [2.05, 4.69) is 20.3 Å². The van der Waals surface area contributed by atoms with E-state index in [1.807, 2.05) is 43.3 Å². The number of para-hydroxylation sites is 1. The molecule has 0 unspecified atom stereocenters. The molecule has 0 aliphatic carbocycles. The van der Waals surface area contributed by atoms with Crippen LogP contribution in [0.4, 0.5) is 5.82 Å². The Morgan fingerprint density at radius 2 is 1.92 bits per heavy atom. The van der Waals surface area contributed by atoms with Crippen molar-refractivity contribution in [2.24, 2.45) is 0 Å². The van der Waals surface area contributed by atoms with E-state index in [1.165, 1.54) is 0 Å². The van der Waals surface area contributed by atoms with Gasteiger partial charge in [-0.25, -0.2) is 9.97 Å². The second-order valence-corrected chi connectivity index (χ2v) is 5.75. The first kappa shape index (κ1) is 15.9. The molecule has 1 atom stereocenters. The lowest BCUT2D eigenvalue weighted by Gasteiger charge is -2.19. The van der Waals surface area contributed by atoms with E-state index in [0.29, 0.717) is 11.6 Å². The summed E-state index contributed by atoms with van der Waals surface area (Å²) in [6, 6.07) is 11.1. The SMILES string of the molecule is C[C@H](Nc1nc(-c2cccnc2)nc2ccccc12)C(=O)N(C)C. The van der Waals surface area contributed by atoms with Crippen molar-refractivity contribution in [1.29, 1.82) is 0 Å². The van der Waals surface area contributed by atoms with Crippen molar-refractivity contribution in [2.45, 2.75) is 13.0 Å². The minimum absolute atomic E-state index is 0.0133. The van der Waals surface area contributed by atoms with Crippen molar-refractivity contribution in [3.8, 4) is 11.4 Å². The Morgan fingerprint density at radius 3 is 2.62 bits per heavy atom. The molecule has 2 heterocycles. The molecule has 24 heavy (non-hydrogen) atoms. The van der Waals surface area contributed by atoms with Crippen LogP contribution >= 0.6 is 0 Å². The Balaban J connectivity index is 2.07. The summed E-state index contributed by atoms with van der Waals surface area (Å²) in [6.45, 7) is 1.82. The lowest BCUT2D eigenvalue weighted by atomic mass is 10.2. The third kappa shape index (κ3) is 3.17. The third-order valence-electron chi connectivity index (χ3n) is 3.69. The number of hydrogen-bond acceptors (Lipinski definition) is 5. The highest BCUT2D eigenvalue weighted by atomic mass is 16.2. The van der Waals surface area contributed by atoms with Gasteiger partial charge in [0, 0.05) is 37.4 Å². The average Bonchev–Trinajstić information content (AvgIpc) is 2.61. The van der Waals surface area contributed by atoms with Gasteiger partial charge in [-0.2, -0.15) is 0 Å². The standard InChI is InChI=1S/C18H19N5O/c1-12(18(24)23(2)3)20-17-14-8-4-5-9-15(14)21-16(22-17)13-7-6-10-19-11-13/h4-12H,1-3H3,(H,20,21,22)/t12-/m0/s1. The lowest BCUT2D eigenvalue weighted by molar-refractivity contribution is -0.129. The monoisotopic (exact) mass is 321 g/mol. The molecule has 122 valence electrons. The van der Waals surface area contributed by atoms with Crippen LogP contribution in [0, 0.1) is 0 Å². The zero-order valence-electron chi connectivity index (χ0n) is 13.9. The van der Waals surface area contributed by atoms with E-state index in [9.17, 15) is 4.79 Å². The van der Waals surface area contributed by atoms with Gasteiger partial charge in [-0.3, -0.25) is 9.78 Å². The summed E-state index contributed by atoms with van der Waals surface area (Å²) >= 11 is 0. The van der Waals surface area contributed by atoms with E-state index < -0.39 is 0 Å². The number of nitrogens with one attached hydrogen (secondary N) is 1. The molecule has 1 N–H and O–H groups in total.